The van der Waals surface area contributed by atoms with Gasteiger partial charge in [0.05, 0.1) is 11.6 Å². The van der Waals surface area contributed by atoms with Gasteiger partial charge in [0.15, 0.2) is 0 Å². The second kappa shape index (κ2) is 8.58. The van der Waals surface area contributed by atoms with Crippen molar-refractivity contribution in [3.63, 3.8) is 0 Å². The SMILES string of the molecule is O=S(=O)(Oc1ccc(-c2ccc(C3CCC(c4c(F)cccc4F)=N3)cc2)cc1)C(F)(F)F. The molecule has 0 fully saturated rings. The highest BCUT2D eigenvalue weighted by Gasteiger charge is 2.48. The van der Waals surface area contributed by atoms with Crippen molar-refractivity contribution in [2.45, 2.75) is 24.4 Å². The zero-order valence-corrected chi connectivity index (χ0v) is 17.6. The summed E-state index contributed by atoms with van der Waals surface area (Å²) in [5, 5.41) is 0. The molecule has 3 aromatic carbocycles. The molecule has 0 radical (unpaired) electrons. The largest absolute Gasteiger partial charge is 0.534 e. The molecule has 1 unspecified atom stereocenters. The van der Waals surface area contributed by atoms with Gasteiger partial charge < -0.3 is 4.18 Å². The van der Waals surface area contributed by atoms with Crippen LogP contribution >= 0.6 is 0 Å². The third-order valence-corrected chi connectivity index (χ3v) is 6.17. The summed E-state index contributed by atoms with van der Waals surface area (Å²) in [5.41, 5.74) is -3.03. The van der Waals surface area contributed by atoms with Crippen molar-refractivity contribution in [1.29, 1.82) is 0 Å². The summed E-state index contributed by atoms with van der Waals surface area (Å²) in [6, 6.07) is 15.7. The fourth-order valence-corrected chi connectivity index (χ4v) is 4.03. The number of hydrogen-bond acceptors (Lipinski definition) is 4. The number of nitrogens with zero attached hydrogens (tertiary/aromatic N) is 1. The predicted molar refractivity (Wildman–Crippen MR) is 112 cm³/mol. The normalized spacial score (nSPS) is 16.5. The van der Waals surface area contributed by atoms with E-state index in [4.69, 9.17) is 0 Å². The quantitative estimate of drug-likeness (QED) is 0.248. The maximum Gasteiger partial charge on any atom is 0.534 e. The summed E-state index contributed by atoms with van der Waals surface area (Å²) in [6.07, 6.45) is 1.04. The van der Waals surface area contributed by atoms with Gasteiger partial charge in [-0.2, -0.15) is 21.6 Å². The van der Waals surface area contributed by atoms with Crippen LogP contribution in [0.15, 0.2) is 71.7 Å². The molecule has 0 amide bonds. The second-order valence-corrected chi connectivity index (χ2v) is 8.89. The van der Waals surface area contributed by atoms with Crippen LogP contribution in [0, 0.1) is 11.6 Å². The lowest BCUT2D eigenvalue weighted by Gasteiger charge is -2.11. The molecular formula is C23H16F5NO3S. The molecule has 4 rings (SSSR count). The molecule has 0 aliphatic carbocycles. The summed E-state index contributed by atoms with van der Waals surface area (Å²) >= 11 is 0. The van der Waals surface area contributed by atoms with E-state index in [2.05, 4.69) is 9.18 Å². The van der Waals surface area contributed by atoms with E-state index in [1.807, 2.05) is 12.1 Å². The van der Waals surface area contributed by atoms with Crippen LogP contribution in [-0.4, -0.2) is 19.6 Å². The lowest BCUT2D eigenvalue weighted by atomic mass is 9.99. The van der Waals surface area contributed by atoms with E-state index in [1.54, 1.807) is 12.1 Å². The van der Waals surface area contributed by atoms with Crippen LogP contribution in [0.5, 0.6) is 5.75 Å². The highest BCUT2D eigenvalue weighted by molar-refractivity contribution is 7.88. The minimum atomic E-state index is -5.73. The van der Waals surface area contributed by atoms with E-state index in [-0.39, 0.29) is 11.6 Å². The van der Waals surface area contributed by atoms with Gasteiger partial charge in [0.2, 0.25) is 0 Å². The average molecular weight is 481 g/mol. The zero-order valence-electron chi connectivity index (χ0n) is 16.8. The van der Waals surface area contributed by atoms with Gasteiger partial charge in [0.1, 0.15) is 17.4 Å². The van der Waals surface area contributed by atoms with Crippen molar-refractivity contribution in [1.82, 2.24) is 0 Å². The second-order valence-electron chi connectivity index (χ2n) is 7.36. The maximum atomic E-state index is 14.0. The summed E-state index contributed by atoms with van der Waals surface area (Å²) < 4.78 is 91.6. The van der Waals surface area contributed by atoms with Crippen LogP contribution in [0.4, 0.5) is 22.0 Å². The molecule has 33 heavy (non-hydrogen) atoms. The van der Waals surface area contributed by atoms with Gasteiger partial charge in [-0.3, -0.25) is 4.99 Å². The Balaban J connectivity index is 1.50. The molecule has 0 saturated carbocycles. The summed E-state index contributed by atoms with van der Waals surface area (Å²) in [4.78, 5) is 4.49. The van der Waals surface area contributed by atoms with Gasteiger partial charge in [-0.15, -0.1) is 0 Å². The fraction of sp³-hybridized carbons (Fsp3) is 0.174. The van der Waals surface area contributed by atoms with Crippen LogP contribution < -0.4 is 4.18 Å². The fourth-order valence-electron chi connectivity index (χ4n) is 3.57. The van der Waals surface area contributed by atoms with Crippen LogP contribution in [-0.2, 0) is 10.1 Å². The van der Waals surface area contributed by atoms with Crippen LogP contribution in [0.1, 0.15) is 30.0 Å². The Kier molecular flexibility index (Phi) is 5.96. The first-order chi connectivity index (χ1) is 15.5. The molecule has 10 heteroatoms. The lowest BCUT2D eigenvalue weighted by Crippen LogP contribution is -2.28. The topological polar surface area (TPSA) is 55.7 Å². The standard InChI is InChI=1S/C23H16F5NO3S/c24-18-2-1-3-19(25)22(18)21-13-12-20(29-21)16-6-4-14(5-7-16)15-8-10-17(11-9-15)32-33(30,31)23(26,27)28/h1-11,20H,12-13H2. The molecule has 172 valence electrons. The van der Waals surface area contributed by atoms with Gasteiger partial charge in [-0.1, -0.05) is 42.5 Å². The molecule has 1 aliphatic rings. The first kappa shape index (κ1) is 22.9. The molecule has 0 saturated heterocycles. The number of hydrogen-bond donors (Lipinski definition) is 0. The van der Waals surface area contributed by atoms with Crippen molar-refractivity contribution >= 4 is 15.8 Å². The third kappa shape index (κ3) is 4.75. The molecule has 1 atom stereocenters. The number of benzene rings is 3. The molecule has 3 aromatic rings. The first-order valence-electron chi connectivity index (χ1n) is 9.77. The molecule has 0 aromatic heterocycles. The molecule has 4 nitrogen and oxygen atoms in total. The number of rotatable bonds is 5. The van der Waals surface area contributed by atoms with E-state index in [9.17, 15) is 30.4 Å². The Bertz CT molecular complexity index is 1280. The Morgan fingerprint density at radius 3 is 1.94 bits per heavy atom. The van der Waals surface area contributed by atoms with Gasteiger partial charge >= 0.3 is 15.6 Å². The number of alkyl halides is 3. The Hall–Kier alpha value is -3.27. The average Bonchev–Trinajstić information content (AvgIpc) is 3.23. The van der Waals surface area contributed by atoms with Gasteiger partial charge in [0, 0.05) is 5.71 Å². The van der Waals surface area contributed by atoms with Crippen LogP contribution in [0.3, 0.4) is 0 Å². The van der Waals surface area contributed by atoms with Gasteiger partial charge in [-0.05, 0) is 53.8 Å². The Labute approximate surface area is 186 Å². The smallest absolute Gasteiger partial charge is 0.376 e. The van der Waals surface area contributed by atoms with E-state index in [1.165, 1.54) is 30.3 Å². The number of aliphatic imine (C=N–C) groups is 1. The minimum Gasteiger partial charge on any atom is -0.376 e. The van der Waals surface area contributed by atoms with E-state index in [0.717, 1.165) is 23.3 Å². The highest BCUT2D eigenvalue weighted by atomic mass is 32.2. The summed E-state index contributed by atoms with van der Waals surface area (Å²) in [5.74, 6) is -1.76. The molecule has 0 spiro atoms. The van der Waals surface area contributed by atoms with E-state index in [0.29, 0.717) is 24.1 Å². The van der Waals surface area contributed by atoms with Crippen molar-refractivity contribution < 1.29 is 34.6 Å². The van der Waals surface area contributed by atoms with Crippen LogP contribution in [0.25, 0.3) is 11.1 Å². The predicted octanol–water partition coefficient (Wildman–Crippen LogP) is 6.18. The van der Waals surface area contributed by atoms with Gasteiger partial charge in [0.25, 0.3) is 0 Å². The summed E-state index contributed by atoms with van der Waals surface area (Å²) in [7, 11) is -5.73. The lowest BCUT2D eigenvalue weighted by molar-refractivity contribution is -0.0500. The third-order valence-electron chi connectivity index (χ3n) is 5.19. The molecular weight excluding hydrogens is 465 g/mol. The van der Waals surface area contributed by atoms with E-state index < -0.39 is 33.0 Å². The number of halogens is 5. The Morgan fingerprint density at radius 1 is 0.848 bits per heavy atom. The highest BCUT2D eigenvalue weighted by Crippen LogP contribution is 2.34. The van der Waals surface area contributed by atoms with Crippen LogP contribution in [0.2, 0.25) is 0 Å². The molecule has 0 bridgehead atoms. The monoisotopic (exact) mass is 481 g/mol. The molecule has 0 N–H and O–H groups in total. The van der Waals surface area contributed by atoms with Crippen molar-refractivity contribution in [2.24, 2.45) is 4.99 Å². The molecule has 1 heterocycles. The maximum absolute atomic E-state index is 14.0. The summed E-state index contributed by atoms with van der Waals surface area (Å²) in [6.45, 7) is 0. The zero-order chi connectivity index (χ0) is 23.8. The molecule has 1 aliphatic heterocycles. The Morgan fingerprint density at radius 2 is 1.39 bits per heavy atom. The van der Waals surface area contributed by atoms with Crippen molar-refractivity contribution in [3.05, 3.63) is 89.5 Å². The van der Waals surface area contributed by atoms with E-state index >= 15 is 0 Å². The van der Waals surface area contributed by atoms with Gasteiger partial charge in [-0.25, -0.2) is 8.78 Å². The van der Waals surface area contributed by atoms with Crippen molar-refractivity contribution in [2.75, 3.05) is 0 Å². The first-order valence-corrected chi connectivity index (χ1v) is 11.2. The minimum absolute atomic E-state index is 0.105. The van der Waals surface area contributed by atoms with Crippen molar-refractivity contribution in [3.8, 4) is 16.9 Å².